The zero-order valence-electron chi connectivity index (χ0n) is 16.5. The van der Waals surface area contributed by atoms with Gasteiger partial charge in [0.05, 0.1) is 11.9 Å². The number of benzene rings is 1. The number of carbonyl (C=O) groups excluding carboxylic acids is 2. The molecule has 3 amide bonds. The Morgan fingerprint density at radius 2 is 1.83 bits per heavy atom. The van der Waals surface area contributed by atoms with Gasteiger partial charge in [0, 0.05) is 12.2 Å². The average Bonchev–Trinajstić information content (AvgIpc) is 3.15. The first-order valence-electron chi connectivity index (χ1n) is 10.1. The van der Waals surface area contributed by atoms with Crippen LogP contribution in [0.2, 0.25) is 0 Å². The quantitative estimate of drug-likeness (QED) is 0.631. The Hall–Kier alpha value is -2.41. The summed E-state index contributed by atoms with van der Waals surface area (Å²) in [6.45, 7) is 2.49. The van der Waals surface area contributed by atoms with Crippen molar-refractivity contribution in [3.63, 3.8) is 0 Å². The summed E-state index contributed by atoms with van der Waals surface area (Å²) in [6, 6.07) is 9.24. The van der Waals surface area contributed by atoms with Crippen molar-refractivity contribution in [1.29, 1.82) is 0 Å². The lowest BCUT2D eigenvalue weighted by atomic mass is 9.80. The lowest BCUT2D eigenvalue weighted by molar-refractivity contribution is -0.119. The number of pyridine rings is 1. The van der Waals surface area contributed by atoms with Gasteiger partial charge in [-0.2, -0.15) is 0 Å². The van der Waals surface area contributed by atoms with E-state index in [0.29, 0.717) is 24.6 Å². The third kappa shape index (κ3) is 4.45. The molecule has 1 aliphatic heterocycles. The van der Waals surface area contributed by atoms with E-state index in [9.17, 15) is 9.59 Å². The molecule has 6 nitrogen and oxygen atoms in total. The molecule has 1 saturated carbocycles. The fraction of sp³-hybridized carbons (Fsp3) is 0.409. The first kappa shape index (κ1) is 19.9. The molecular weight excluding hydrogens is 432 g/mol. The number of hydrogen-bond donors (Lipinski definition) is 2. The number of halogens is 1. The maximum Gasteiger partial charge on any atom is 0.322 e. The highest BCUT2D eigenvalue weighted by Gasteiger charge is 2.34. The van der Waals surface area contributed by atoms with Crippen LogP contribution in [0.1, 0.15) is 49.1 Å². The predicted molar refractivity (Wildman–Crippen MR) is 117 cm³/mol. The van der Waals surface area contributed by atoms with Crippen LogP contribution in [0.15, 0.2) is 41.1 Å². The number of rotatable bonds is 4. The number of nitrogens with one attached hydrogen (secondary N) is 2. The van der Waals surface area contributed by atoms with E-state index in [-0.39, 0.29) is 11.9 Å². The van der Waals surface area contributed by atoms with Crippen molar-refractivity contribution in [3.05, 3.63) is 52.3 Å². The van der Waals surface area contributed by atoms with Crippen molar-refractivity contribution in [2.24, 2.45) is 0 Å². The van der Waals surface area contributed by atoms with Crippen molar-refractivity contribution < 1.29 is 9.59 Å². The summed E-state index contributed by atoms with van der Waals surface area (Å²) in [4.78, 5) is 31.4. The number of nitrogens with zero attached hydrogens (tertiary/aromatic N) is 2. The molecule has 1 saturated heterocycles. The van der Waals surface area contributed by atoms with E-state index >= 15 is 0 Å². The summed E-state index contributed by atoms with van der Waals surface area (Å²) < 4.78 is 0.751. The molecule has 0 bridgehead atoms. The highest BCUT2D eigenvalue weighted by atomic mass is 79.9. The Kier molecular flexibility index (Phi) is 5.85. The number of carbonyl (C=O) groups is 2. The third-order valence-electron chi connectivity index (χ3n) is 5.84. The molecule has 2 N–H and O–H groups in total. The molecule has 2 fully saturated rings. The Morgan fingerprint density at radius 1 is 1.07 bits per heavy atom. The largest absolute Gasteiger partial charge is 0.323 e. The highest BCUT2D eigenvalue weighted by molar-refractivity contribution is 9.10. The van der Waals surface area contributed by atoms with Crippen LogP contribution in [0.3, 0.4) is 0 Å². The number of urea groups is 1. The molecule has 2 heterocycles. The van der Waals surface area contributed by atoms with Gasteiger partial charge in [-0.05, 0) is 83.8 Å². The van der Waals surface area contributed by atoms with Gasteiger partial charge in [0.1, 0.15) is 10.6 Å². The van der Waals surface area contributed by atoms with Gasteiger partial charge in [-0.1, -0.05) is 18.6 Å². The number of hydrogen-bond acceptors (Lipinski definition) is 3. The lowest BCUT2D eigenvalue weighted by Gasteiger charge is -2.26. The molecule has 29 heavy (non-hydrogen) atoms. The fourth-order valence-electron chi connectivity index (χ4n) is 3.91. The van der Waals surface area contributed by atoms with Crippen LogP contribution in [0.4, 0.5) is 16.2 Å². The van der Waals surface area contributed by atoms with E-state index < -0.39 is 6.04 Å². The van der Waals surface area contributed by atoms with Gasteiger partial charge in [0.15, 0.2) is 0 Å². The SMILES string of the molecule is Cc1cc(NC(=O)[C@H]2CCCN2C(=O)Nc2ccc(C3CCC3)cc2)cnc1Br. The van der Waals surface area contributed by atoms with Gasteiger partial charge in [-0.3, -0.25) is 4.79 Å². The van der Waals surface area contributed by atoms with Gasteiger partial charge in [-0.15, -0.1) is 0 Å². The first-order valence-corrected chi connectivity index (χ1v) is 10.9. The van der Waals surface area contributed by atoms with Crippen molar-refractivity contribution >= 4 is 39.2 Å². The van der Waals surface area contributed by atoms with Gasteiger partial charge in [0.25, 0.3) is 0 Å². The lowest BCUT2D eigenvalue weighted by Crippen LogP contribution is -2.45. The molecule has 0 spiro atoms. The number of aryl methyl sites for hydroxylation is 1. The van der Waals surface area contributed by atoms with E-state index in [0.717, 1.165) is 22.3 Å². The van der Waals surface area contributed by atoms with E-state index in [2.05, 4.69) is 43.7 Å². The molecule has 1 aromatic heterocycles. The normalized spacial score (nSPS) is 19.0. The van der Waals surface area contributed by atoms with Crippen LogP contribution in [-0.4, -0.2) is 34.4 Å². The zero-order valence-corrected chi connectivity index (χ0v) is 18.0. The van der Waals surface area contributed by atoms with Crippen LogP contribution in [0.25, 0.3) is 0 Å². The second-order valence-electron chi connectivity index (χ2n) is 7.85. The predicted octanol–water partition coefficient (Wildman–Crippen LogP) is 5.06. The first-order chi connectivity index (χ1) is 14.0. The molecule has 0 unspecified atom stereocenters. The second kappa shape index (κ2) is 8.53. The summed E-state index contributed by atoms with van der Waals surface area (Å²) in [5.41, 5.74) is 3.67. The molecule has 4 rings (SSSR count). The maximum absolute atomic E-state index is 12.8. The second-order valence-corrected chi connectivity index (χ2v) is 8.60. The van der Waals surface area contributed by atoms with Gasteiger partial charge in [0.2, 0.25) is 5.91 Å². The van der Waals surface area contributed by atoms with Gasteiger partial charge >= 0.3 is 6.03 Å². The Labute approximate surface area is 179 Å². The molecular formula is C22H25BrN4O2. The van der Waals surface area contributed by atoms with Gasteiger partial charge < -0.3 is 15.5 Å². The minimum Gasteiger partial charge on any atom is -0.323 e. The molecule has 1 atom stereocenters. The minimum absolute atomic E-state index is 0.179. The Morgan fingerprint density at radius 3 is 2.48 bits per heavy atom. The van der Waals surface area contributed by atoms with Crippen molar-refractivity contribution in [3.8, 4) is 0 Å². The van der Waals surface area contributed by atoms with Crippen LogP contribution in [0.5, 0.6) is 0 Å². The van der Waals surface area contributed by atoms with Crippen molar-refractivity contribution in [2.45, 2.75) is 51.0 Å². The molecule has 7 heteroatoms. The van der Waals surface area contributed by atoms with E-state index in [4.69, 9.17) is 0 Å². The fourth-order valence-corrected chi connectivity index (χ4v) is 4.13. The summed E-state index contributed by atoms with van der Waals surface area (Å²) >= 11 is 3.36. The third-order valence-corrected chi connectivity index (χ3v) is 6.67. The zero-order chi connectivity index (χ0) is 20.4. The van der Waals surface area contributed by atoms with Gasteiger partial charge in [-0.25, -0.2) is 9.78 Å². The van der Waals surface area contributed by atoms with Crippen molar-refractivity contribution in [1.82, 2.24) is 9.88 Å². The van der Waals surface area contributed by atoms with Crippen molar-refractivity contribution in [2.75, 3.05) is 17.2 Å². The number of anilines is 2. The minimum atomic E-state index is -0.479. The molecule has 2 aromatic rings. The smallest absolute Gasteiger partial charge is 0.322 e. The van der Waals surface area contributed by atoms with E-state index in [1.54, 1.807) is 11.1 Å². The maximum atomic E-state index is 12.8. The topological polar surface area (TPSA) is 74.3 Å². The van der Waals surface area contributed by atoms with E-state index in [1.807, 2.05) is 25.1 Å². The standard InChI is InChI=1S/C22H25BrN4O2/c1-14-12-18(13-24-20(14)23)25-21(28)19-6-3-11-27(19)22(29)26-17-9-7-16(8-10-17)15-4-2-5-15/h7-10,12-13,15,19H,2-6,11H2,1H3,(H,25,28)(H,26,29)/t19-/m1/s1. The summed E-state index contributed by atoms with van der Waals surface area (Å²) in [7, 11) is 0. The monoisotopic (exact) mass is 456 g/mol. The summed E-state index contributed by atoms with van der Waals surface area (Å²) in [5.74, 6) is 0.490. The van der Waals surface area contributed by atoms with Crippen LogP contribution in [0, 0.1) is 6.92 Å². The molecule has 152 valence electrons. The highest BCUT2D eigenvalue weighted by Crippen LogP contribution is 2.36. The number of amides is 3. The Balaban J connectivity index is 1.38. The van der Waals surface area contributed by atoms with E-state index in [1.165, 1.54) is 24.8 Å². The summed E-state index contributed by atoms with van der Waals surface area (Å²) in [5, 5.41) is 5.83. The molecule has 2 aliphatic rings. The molecule has 1 aromatic carbocycles. The van der Waals surface area contributed by atoms with Crippen LogP contribution < -0.4 is 10.6 Å². The molecule has 1 aliphatic carbocycles. The average molecular weight is 457 g/mol. The number of aromatic nitrogens is 1. The van der Waals surface area contributed by atoms with Crippen LogP contribution >= 0.6 is 15.9 Å². The number of likely N-dealkylation sites (tertiary alicyclic amines) is 1. The van der Waals surface area contributed by atoms with Crippen LogP contribution in [-0.2, 0) is 4.79 Å². The Bertz CT molecular complexity index is 912. The molecule has 0 radical (unpaired) electrons. The summed E-state index contributed by atoms with van der Waals surface area (Å²) in [6.07, 6.45) is 6.88.